The van der Waals surface area contributed by atoms with E-state index in [1.165, 1.54) is 12.1 Å². The third-order valence-electron chi connectivity index (χ3n) is 2.41. The van der Waals surface area contributed by atoms with Gasteiger partial charge in [-0.15, -0.1) is 0 Å². The molecule has 0 heterocycles. The first-order chi connectivity index (χ1) is 9.58. The summed E-state index contributed by atoms with van der Waals surface area (Å²) in [5.41, 5.74) is -0.239. The monoisotopic (exact) mass is 317 g/mol. The van der Waals surface area contributed by atoms with Gasteiger partial charge in [0.25, 0.3) is 0 Å². The fourth-order valence-electron chi connectivity index (χ4n) is 1.55. The Kier molecular flexibility index (Phi) is 5.54. The lowest BCUT2D eigenvalue weighted by Gasteiger charge is -2.22. The van der Waals surface area contributed by atoms with Crippen molar-refractivity contribution in [3.8, 4) is 0 Å². The zero-order valence-corrected chi connectivity index (χ0v) is 12.7. The van der Waals surface area contributed by atoms with Crippen LogP contribution in [-0.4, -0.2) is 28.8 Å². The van der Waals surface area contributed by atoms with Crippen LogP contribution in [-0.2, 0) is 16.0 Å². The van der Waals surface area contributed by atoms with Gasteiger partial charge in [-0.05, 0) is 38.5 Å². The fraction of sp³-hybridized carbons (Fsp3) is 0.429. The molecule has 0 unspecified atom stereocenters. The molecule has 0 saturated carbocycles. The molecule has 21 heavy (non-hydrogen) atoms. The van der Waals surface area contributed by atoms with Crippen LogP contribution in [0.3, 0.4) is 0 Å². The maximum Gasteiger partial charge on any atom is 0.408 e. The first-order valence-electron chi connectivity index (χ1n) is 6.25. The highest BCUT2D eigenvalue weighted by atomic mass is 35.5. The minimum absolute atomic E-state index is 0.0332. The molecule has 0 radical (unpaired) electrons. The van der Waals surface area contributed by atoms with Crippen LogP contribution in [0.1, 0.15) is 26.3 Å². The number of hydrogen-bond donors (Lipinski definition) is 2. The molecule has 0 spiro atoms. The smallest absolute Gasteiger partial charge is 0.408 e. The number of halogens is 2. The first kappa shape index (κ1) is 17.2. The molecule has 0 saturated heterocycles. The Bertz CT molecular complexity index is 542. The summed E-state index contributed by atoms with van der Waals surface area (Å²) in [5, 5.41) is 11.3. The topological polar surface area (TPSA) is 75.6 Å². The minimum atomic E-state index is -1.22. The van der Waals surface area contributed by atoms with Gasteiger partial charge in [-0.3, -0.25) is 0 Å². The van der Waals surface area contributed by atoms with Crippen molar-refractivity contribution in [2.45, 2.75) is 38.8 Å². The molecule has 0 bridgehead atoms. The van der Waals surface area contributed by atoms with Crippen LogP contribution >= 0.6 is 11.6 Å². The normalized spacial score (nSPS) is 12.6. The van der Waals surface area contributed by atoms with Crippen molar-refractivity contribution >= 4 is 23.7 Å². The Morgan fingerprint density at radius 2 is 2.05 bits per heavy atom. The Balaban J connectivity index is 2.76. The molecule has 1 atom stereocenters. The second-order valence-electron chi connectivity index (χ2n) is 5.49. The molecule has 1 rings (SSSR count). The maximum absolute atomic E-state index is 13.1. The SMILES string of the molecule is CC(C)(C)OC(=O)N[C@H](Cc1ccc(F)c(Cl)c1)C(=O)O. The highest BCUT2D eigenvalue weighted by Crippen LogP contribution is 2.17. The summed E-state index contributed by atoms with van der Waals surface area (Å²) in [6.45, 7) is 5.01. The van der Waals surface area contributed by atoms with Crippen molar-refractivity contribution in [2.75, 3.05) is 0 Å². The summed E-state index contributed by atoms with van der Waals surface area (Å²) in [6, 6.07) is 2.68. The van der Waals surface area contributed by atoms with Gasteiger partial charge in [-0.25, -0.2) is 14.0 Å². The van der Waals surface area contributed by atoms with Crippen molar-refractivity contribution in [1.82, 2.24) is 5.32 Å². The van der Waals surface area contributed by atoms with Gasteiger partial charge in [0.05, 0.1) is 5.02 Å². The summed E-state index contributed by atoms with van der Waals surface area (Å²) in [5.74, 6) is -1.81. The number of amides is 1. The van der Waals surface area contributed by atoms with E-state index in [4.69, 9.17) is 21.4 Å². The Labute approximate surface area is 127 Å². The first-order valence-corrected chi connectivity index (χ1v) is 6.62. The van der Waals surface area contributed by atoms with E-state index in [2.05, 4.69) is 5.32 Å². The summed E-state index contributed by atoms with van der Waals surface area (Å²) in [6.07, 6.45) is -0.864. The van der Waals surface area contributed by atoms with Gasteiger partial charge >= 0.3 is 12.1 Å². The number of aliphatic carboxylic acids is 1. The molecule has 1 aromatic rings. The fourth-order valence-corrected chi connectivity index (χ4v) is 1.76. The Hall–Kier alpha value is -1.82. The molecule has 7 heteroatoms. The number of hydrogen-bond acceptors (Lipinski definition) is 3. The molecule has 0 fully saturated rings. The Morgan fingerprint density at radius 3 is 2.52 bits per heavy atom. The molecule has 116 valence electrons. The molecular weight excluding hydrogens is 301 g/mol. The lowest BCUT2D eigenvalue weighted by Crippen LogP contribution is -2.44. The van der Waals surface area contributed by atoms with E-state index < -0.39 is 29.5 Å². The van der Waals surface area contributed by atoms with Crippen LogP contribution < -0.4 is 5.32 Å². The summed E-state index contributed by atoms with van der Waals surface area (Å²) in [7, 11) is 0. The van der Waals surface area contributed by atoms with E-state index >= 15 is 0 Å². The number of carbonyl (C=O) groups excluding carboxylic acids is 1. The number of ether oxygens (including phenoxy) is 1. The van der Waals surface area contributed by atoms with Gasteiger partial charge in [-0.1, -0.05) is 17.7 Å². The summed E-state index contributed by atoms with van der Waals surface area (Å²) in [4.78, 5) is 22.8. The number of nitrogens with one attached hydrogen (secondary N) is 1. The predicted octanol–water partition coefficient (Wildman–Crippen LogP) is 3.00. The van der Waals surface area contributed by atoms with Crippen molar-refractivity contribution in [2.24, 2.45) is 0 Å². The molecule has 1 aromatic carbocycles. The van der Waals surface area contributed by atoms with E-state index in [9.17, 15) is 14.0 Å². The van der Waals surface area contributed by atoms with Crippen LogP contribution in [0.4, 0.5) is 9.18 Å². The molecule has 1 amide bonds. The van der Waals surface area contributed by atoms with Crippen molar-refractivity contribution < 1.29 is 23.8 Å². The standard InChI is InChI=1S/C14H17ClFNO4/c1-14(2,3)21-13(20)17-11(12(18)19)7-8-4-5-10(16)9(15)6-8/h4-6,11H,7H2,1-3H3,(H,17,20)(H,18,19)/t11-/m1/s1. The van der Waals surface area contributed by atoms with Crippen molar-refractivity contribution in [3.63, 3.8) is 0 Å². The summed E-state index contributed by atoms with van der Waals surface area (Å²) < 4.78 is 18.1. The quantitative estimate of drug-likeness (QED) is 0.895. The molecule has 0 aliphatic rings. The number of alkyl carbamates (subject to hydrolysis) is 1. The van der Waals surface area contributed by atoms with E-state index in [0.29, 0.717) is 5.56 Å². The molecule has 0 aliphatic carbocycles. The van der Waals surface area contributed by atoms with E-state index in [0.717, 1.165) is 6.07 Å². The maximum atomic E-state index is 13.1. The van der Waals surface area contributed by atoms with Crippen molar-refractivity contribution in [3.05, 3.63) is 34.6 Å². The molecule has 0 aliphatic heterocycles. The van der Waals surface area contributed by atoms with Gasteiger partial charge in [0, 0.05) is 6.42 Å². The van der Waals surface area contributed by atoms with Crippen LogP contribution in [0.25, 0.3) is 0 Å². The van der Waals surface area contributed by atoms with Crippen LogP contribution in [0.2, 0.25) is 5.02 Å². The lowest BCUT2D eigenvalue weighted by atomic mass is 10.1. The third-order valence-corrected chi connectivity index (χ3v) is 2.70. The number of carboxylic acid groups (broad SMARTS) is 1. The van der Waals surface area contributed by atoms with Gasteiger partial charge in [0.15, 0.2) is 0 Å². The van der Waals surface area contributed by atoms with Gasteiger partial charge in [-0.2, -0.15) is 0 Å². The summed E-state index contributed by atoms with van der Waals surface area (Å²) >= 11 is 5.64. The molecule has 0 aromatic heterocycles. The highest BCUT2D eigenvalue weighted by Gasteiger charge is 2.24. The van der Waals surface area contributed by atoms with Crippen LogP contribution in [0.15, 0.2) is 18.2 Å². The van der Waals surface area contributed by atoms with Gasteiger partial charge < -0.3 is 15.2 Å². The third kappa shape index (κ3) is 5.99. The highest BCUT2D eigenvalue weighted by molar-refractivity contribution is 6.30. The van der Waals surface area contributed by atoms with Crippen LogP contribution in [0, 0.1) is 5.82 Å². The number of benzene rings is 1. The van der Waals surface area contributed by atoms with Crippen molar-refractivity contribution in [1.29, 1.82) is 0 Å². The Morgan fingerprint density at radius 1 is 1.43 bits per heavy atom. The van der Waals surface area contributed by atoms with Crippen LogP contribution in [0.5, 0.6) is 0 Å². The second kappa shape index (κ2) is 6.76. The average molecular weight is 318 g/mol. The molecule has 5 nitrogen and oxygen atoms in total. The second-order valence-corrected chi connectivity index (χ2v) is 5.90. The van der Waals surface area contributed by atoms with Gasteiger partial charge in [0.1, 0.15) is 17.5 Å². The number of carbonyl (C=O) groups is 2. The zero-order valence-electron chi connectivity index (χ0n) is 11.9. The van der Waals surface area contributed by atoms with Gasteiger partial charge in [0.2, 0.25) is 0 Å². The zero-order chi connectivity index (χ0) is 16.2. The largest absolute Gasteiger partial charge is 0.480 e. The average Bonchev–Trinajstić information content (AvgIpc) is 2.30. The lowest BCUT2D eigenvalue weighted by molar-refractivity contribution is -0.139. The molecular formula is C14H17ClFNO4. The number of rotatable bonds is 4. The van der Waals surface area contributed by atoms with E-state index in [1.807, 2.05) is 0 Å². The number of carboxylic acids is 1. The predicted molar refractivity (Wildman–Crippen MR) is 75.9 cm³/mol. The minimum Gasteiger partial charge on any atom is -0.480 e. The van der Waals surface area contributed by atoms with E-state index in [-0.39, 0.29) is 11.4 Å². The van der Waals surface area contributed by atoms with E-state index in [1.54, 1.807) is 20.8 Å². The molecule has 2 N–H and O–H groups in total.